The van der Waals surface area contributed by atoms with E-state index in [0.717, 1.165) is 0 Å². The summed E-state index contributed by atoms with van der Waals surface area (Å²) < 4.78 is 24.8. The number of benzene rings is 1. The van der Waals surface area contributed by atoms with Gasteiger partial charge in [0.2, 0.25) is 5.91 Å². The summed E-state index contributed by atoms with van der Waals surface area (Å²) in [6, 6.07) is 4.10. The first-order valence-electron chi connectivity index (χ1n) is 6.06. The van der Waals surface area contributed by atoms with E-state index < -0.39 is 26.5 Å². The van der Waals surface area contributed by atoms with Gasteiger partial charge in [-0.15, -0.1) is 0 Å². The Hall–Kier alpha value is -1.27. The molecule has 1 unspecified atom stereocenters. The van der Waals surface area contributed by atoms with E-state index in [4.69, 9.17) is 17.3 Å². The maximum atomic E-state index is 12.4. The summed E-state index contributed by atoms with van der Waals surface area (Å²) in [4.78, 5) is 11.9. The van der Waals surface area contributed by atoms with Gasteiger partial charge in [-0.25, -0.2) is 8.42 Å². The summed E-state index contributed by atoms with van der Waals surface area (Å²) in [7, 11) is -3.86. The second-order valence-corrected chi connectivity index (χ2v) is 8.26. The molecular formula is C13H19ClN2O3S. The van der Waals surface area contributed by atoms with Gasteiger partial charge in [-0.1, -0.05) is 11.6 Å². The van der Waals surface area contributed by atoms with Crippen molar-refractivity contribution in [1.29, 1.82) is 0 Å². The molecule has 0 spiro atoms. The molecule has 0 saturated carbocycles. The summed E-state index contributed by atoms with van der Waals surface area (Å²) in [5.74, 6) is -0.564. The van der Waals surface area contributed by atoms with Gasteiger partial charge < -0.3 is 11.1 Å². The number of sulfone groups is 1. The maximum Gasteiger partial charge on any atom is 0.238 e. The lowest BCUT2D eigenvalue weighted by Crippen LogP contribution is -2.47. The highest BCUT2D eigenvalue weighted by atomic mass is 35.5. The second-order valence-electron chi connectivity index (χ2n) is 5.62. The largest absolute Gasteiger partial charge is 0.399 e. The van der Waals surface area contributed by atoms with Gasteiger partial charge in [0.15, 0.2) is 9.84 Å². The predicted molar refractivity (Wildman–Crippen MR) is 80.4 cm³/mol. The van der Waals surface area contributed by atoms with E-state index in [-0.39, 0.29) is 9.92 Å². The Morgan fingerprint density at radius 1 is 1.35 bits per heavy atom. The van der Waals surface area contributed by atoms with Crippen molar-refractivity contribution in [3.63, 3.8) is 0 Å². The summed E-state index contributed by atoms with van der Waals surface area (Å²) in [6.45, 7) is 6.67. The average molecular weight is 319 g/mol. The highest BCUT2D eigenvalue weighted by molar-refractivity contribution is 7.92. The Morgan fingerprint density at radius 2 is 1.90 bits per heavy atom. The SMILES string of the molecule is CC(C(=O)NC(C)(C)C)S(=O)(=O)c1ccc(N)cc1Cl. The van der Waals surface area contributed by atoms with Crippen LogP contribution in [0, 0.1) is 0 Å². The van der Waals surface area contributed by atoms with Crippen LogP contribution >= 0.6 is 11.6 Å². The third-order valence-electron chi connectivity index (χ3n) is 2.60. The number of hydrogen-bond acceptors (Lipinski definition) is 4. The van der Waals surface area contributed by atoms with Crippen molar-refractivity contribution in [2.75, 3.05) is 5.73 Å². The molecule has 20 heavy (non-hydrogen) atoms. The first-order valence-corrected chi connectivity index (χ1v) is 7.98. The maximum absolute atomic E-state index is 12.4. The minimum absolute atomic E-state index is 0.0143. The van der Waals surface area contributed by atoms with Gasteiger partial charge in [-0.2, -0.15) is 0 Å². The van der Waals surface area contributed by atoms with Gasteiger partial charge in [-0.3, -0.25) is 4.79 Å². The number of rotatable bonds is 3. The van der Waals surface area contributed by atoms with E-state index in [9.17, 15) is 13.2 Å². The molecule has 0 bridgehead atoms. The van der Waals surface area contributed by atoms with Crippen molar-refractivity contribution in [3.8, 4) is 0 Å². The normalized spacial score (nSPS) is 13.8. The third kappa shape index (κ3) is 3.86. The Bertz CT molecular complexity index is 621. The van der Waals surface area contributed by atoms with Crippen molar-refractivity contribution >= 4 is 33.0 Å². The van der Waals surface area contributed by atoms with Crippen LogP contribution in [-0.4, -0.2) is 25.1 Å². The zero-order valence-electron chi connectivity index (χ0n) is 11.9. The van der Waals surface area contributed by atoms with Gasteiger partial charge in [0.25, 0.3) is 0 Å². The molecule has 0 aromatic heterocycles. The Kier molecular flexibility index (Phi) is 4.71. The van der Waals surface area contributed by atoms with Gasteiger partial charge in [0, 0.05) is 11.2 Å². The molecule has 1 amide bonds. The highest BCUT2D eigenvalue weighted by Gasteiger charge is 2.33. The van der Waals surface area contributed by atoms with E-state index in [1.165, 1.54) is 25.1 Å². The minimum Gasteiger partial charge on any atom is -0.399 e. The molecule has 112 valence electrons. The minimum atomic E-state index is -3.86. The lowest BCUT2D eigenvalue weighted by molar-refractivity contribution is -0.121. The molecule has 0 fully saturated rings. The molecule has 1 atom stereocenters. The fraction of sp³-hybridized carbons (Fsp3) is 0.462. The predicted octanol–water partition coefficient (Wildman–Crippen LogP) is 2.00. The number of nitrogens with one attached hydrogen (secondary N) is 1. The van der Waals surface area contributed by atoms with E-state index in [0.29, 0.717) is 5.69 Å². The summed E-state index contributed by atoms with van der Waals surface area (Å²) in [5.41, 5.74) is 5.39. The molecule has 1 aromatic carbocycles. The Morgan fingerprint density at radius 3 is 2.35 bits per heavy atom. The molecule has 0 aliphatic carbocycles. The van der Waals surface area contributed by atoms with Gasteiger partial charge >= 0.3 is 0 Å². The van der Waals surface area contributed by atoms with Crippen LogP contribution in [0.2, 0.25) is 5.02 Å². The number of nitrogens with two attached hydrogens (primary N) is 1. The van der Waals surface area contributed by atoms with Crippen LogP contribution in [-0.2, 0) is 14.6 Å². The van der Waals surface area contributed by atoms with Crippen molar-refractivity contribution in [2.45, 2.75) is 43.4 Å². The van der Waals surface area contributed by atoms with Gasteiger partial charge in [-0.05, 0) is 45.9 Å². The number of anilines is 1. The molecule has 0 radical (unpaired) electrons. The lowest BCUT2D eigenvalue weighted by atomic mass is 10.1. The lowest BCUT2D eigenvalue weighted by Gasteiger charge is -2.23. The molecule has 0 aliphatic rings. The average Bonchev–Trinajstić information content (AvgIpc) is 2.24. The molecule has 7 heteroatoms. The van der Waals surface area contributed by atoms with E-state index in [1.54, 1.807) is 20.8 Å². The van der Waals surface area contributed by atoms with Crippen molar-refractivity contribution in [1.82, 2.24) is 5.32 Å². The zero-order valence-corrected chi connectivity index (χ0v) is 13.5. The van der Waals surface area contributed by atoms with Gasteiger partial charge in [0.05, 0.1) is 9.92 Å². The molecule has 3 N–H and O–H groups in total. The number of halogens is 1. The van der Waals surface area contributed by atoms with Crippen molar-refractivity contribution in [2.24, 2.45) is 0 Å². The smallest absolute Gasteiger partial charge is 0.238 e. The Balaban J connectivity index is 3.13. The molecule has 5 nitrogen and oxygen atoms in total. The molecule has 1 rings (SSSR count). The van der Waals surface area contributed by atoms with Crippen molar-refractivity contribution < 1.29 is 13.2 Å². The molecule has 0 heterocycles. The quantitative estimate of drug-likeness (QED) is 0.834. The van der Waals surface area contributed by atoms with Crippen LogP contribution in [0.15, 0.2) is 23.1 Å². The number of nitrogen functional groups attached to an aromatic ring is 1. The monoisotopic (exact) mass is 318 g/mol. The first-order chi connectivity index (χ1) is 8.95. The van der Waals surface area contributed by atoms with Crippen LogP contribution in [0.25, 0.3) is 0 Å². The number of carbonyl (C=O) groups excluding carboxylic acids is 1. The molecule has 1 aromatic rings. The summed E-state index contributed by atoms with van der Waals surface area (Å²) in [6.07, 6.45) is 0. The number of amides is 1. The van der Waals surface area contributed by atoms with Crippen molar-refractivity contribution in [3.05, 3.63) is 23.2 Å². The highest BCUT2D eigenvalue weighted by Crippen LogP contribution is 2.27. The standard InChI is InChI=1S/C13H19ClN2O3S/c1-8(12(17)16-13(2,3)4)20(18,19)11-6-5-9(15)7-10(11)14/h5-8H,15H2,1-4H3,(H,16,17). The van der Waals surface area contributed by atoms with E-state index in [2.05, 4.69) is 5.32 Å². The molecule has 0 aliphatic heterocycles. The van der Waals surface area contributed by atoms with Crippen LogP contribution in [0.4, 0.5) is 5.69 Å². The number of carbonyl (C=O) groups is 1. The molecule has 0 saturated heterocycles. The first kappa shape index (κ1) is 16.8. The Labute approximate surface area is 124 Å². The zero-order chi connectivity index (χ0) is 15.7. The summed E-state index contributed by atoms with van der Waals surface area (Å²) in [5, 5.41) is 1.42. The second kappa shape index (κ2) is 5.61. The summed E-state index contributed by atoms with van der Waals surface area (Å²) >= 11 is 5.91. The van der Waals surface area contributed by atoms with Gasteiger partial charge in [0.1, 0.15) is 5.25 Å². The fourth-order valence-electron chi connectivity index (χ4n) is 1.55. The van der Waals surface area contributed by atoms with Crippen LogP contribution in [0.5, 0.6) is 0 Å². The fourth-order valence-corrected chi connectivity index (χ4v) is 3.37. The molecular weight excluding hydrogens is 300 g/mol. The van der Waals surface area contributed by atoms with E-state index >= 15 is 0 Å². The topological polar surface area (TPSA) is 89.3 Å². The number of hydrogen-bond donors (Lipinski definition) is 2. The van der Waals surface area contributed by atoms with E-state index in [1.807, 2.05) is 0 Å². The van der Waals surface area contributed by atoms with Crippen LogP contribution < -0.4 is 11.1 Å². The third-order valence-corrected chi connectivity index (χ3v) is 5.13. The van der Waals surface area contributed by atoms with Crippen LogP contribution in [0.3, 0.4) is 0 Å². The van der Waals surface area contributed by atoms with Crippen LogP contribution in [0.1, 0.15) is 27.7 Å².